The fourth-order valence-electron chi connectivity index (χ4n) is 6.78. The van der Waals surface area contributed by atoms with Gasteiger partial charge in [-0.2, -0.15) is 0 Å². The fourth-order valence-corrected chi connectivity index (χ4v) is 7.21. The predicted molar refractivity (Wildman–Crippen MR) is 204 cm³/mol. The highest BCUT2D eigenvalue weighted by Gasteiger charge is 2.37. The van der Waals surface area contributed by atoms with E-state index >= 15 is 0 Å². The summed E-state index contributed by atoms with van der Waals surface area (Å²) in [5.74, 6) is 0.183. The smallest absolute Gasteiger partial charge is 0.247 e. The van der Waals surface area contributed by atoms with Crippen LogP contribution >= 0.6 is 23.2 Å². The molecule has 246 valence electrons. The Kier molecular flexibility index (Phi) is 9.52. The third-order valence-corrected chi connectivity index (χ3v) is 9.91. The Morgan fingerprint density at radius 1 is 0.583 bits per heavy atom. The molecule has 6 rings (SSSR count). The van der Waals surface area contributed by atoms with E-state index < -0.39 is 0 Å². The first-order chi connectivity index (χ1) is 22.8. The molecule has 48 heavy (non-hydrogen) atoms. The molecule has 5 aromatic rings. The van der Waals surface area contributed by atoms with Crippen LogP contribution in [0.25, 0.3) is 0 Å². The molecular formula is C40H40BCl2F2N3. The molecule has 2 N–H and O–H groups in total. The topological polar surface area (TPSA) is 27.3 Å². The molecule has 8 heteroatoms. The molecule has 0 bridgehead atoms. The van der Waals surface area contributed by atoms with Crippen molar-refractivity contribution in [2.75, 3.05) is 22.6 Å². The highest BCUT2D eigenvalue weighted by molar-refractivity contribution is 6.98. The molecule has 0 aromatic heterocycles. The summed E-state index contributed by atoms with van der Waals surface area (Å²) in [5, 5.41) is 7.51. The van der Waals surface area contributed by atoms with Crippen LogP contribution < -0.4 is 31.9 Å². The molecule has 0 spiro atoms. The Labute approximate surface area is 293 Å². The van der Waals surface area contributed by atoms with E-state index in [1.54, 1.807) is 12.1 Å². The molecule has 0 fully saturated rings. The molecule has 0 atom stereocenters. The van der Waals surface area contributed by atoms with Crippen molar-refractivity contribution >= 4 is 80.4 Å². The fraction of sp³-hybridized carbons (Fsp3) is 0.250. The average molecular weight is 682 g/mol. The summed E-state index contributed by atoms with van der Waals surface area (Å²) in [6.45, 7) is 13.5. The van der Waals surface area contributed by atoms with E-state index in [1.807, 2.05) is 12.1 Å². The van der Waals surface area contributed by atoms with Crippen LogP contribution in [0, 0.1) is 11.6 Å². The Morgan fingerprint density at radius 3 is 1.40 bits per heavy atom. The van der Waals surface area contributed by atoms with Gasteiger partial charge in [0.15, 0.2) is 0 Å². The maximum atomic E-state index is 13.9. The number of fused-ring (bicyclic) bond motifs is 2. The molecule has 1 aliphatic rings. The first-order valence-corrected chi connectivity index (χ1v) is 17.2. The number of hydrogen-bond donors (Lipinski definition) is 2. The molecule has 0 unspecified atom stereocenters. The van der Waals surface area contributed by atoms with E-state index in [0.29, 0.717) is 27.3 Å². The Morgan fingerprint density at radius 2 is 1.02 bits per heavy atom. The first kappa shape index (κ1) is 33.9. The standard InChI is InChI=1S/C40H40BCl2F2N3/c1-22(2)25-16-30(23(3)4)40(31(17-25)24(5)6)41-32-20-28(46-36-12-8-26(44)18-34(36)42)10-14-38(32)48(7)39-15-11-29(21-33(39)41)47-37-13-9-27(45)19-35(37)43/h8-24,46-47H,1-7H3. The summed E-state index contributed by atoms with van der Waals surface area (Å²) >= 11 is 12.9. The van der Waals surface area contributed by atoms with Gasteiger partial charge >= 0.3 is 0 Å². The van der Waals surface area contributed by atoms with Crippen molar-refractivity contribution in [3.05, 3.63) is 123 Å². The molecule has 0 saturated carbocycles. The lowest BCUT2D eigenvalue weighted by Gasteiger charge is -2.37. The summed E-state index contributed by atoms with van der Waals surface area (Å²) < 4.78 is 27.8. The average Bonchev–Trinajstić information content (AvgIpc) is 3.03. The van der Waals surface area contributed by atoms with Crippen molar-refractivity contribution in [2.24, 2.45) is 0 Å². The van der Waals surface area contributed by atoms with Gasteiger partial charge in [-0.15, -0.1) is 0 Å². The van der Waals surface area contributed by atoms with Gasteiger partial charge in [0.05, 0.1) is 21.4 Å². The first-order valence-electron chi connectivity index (χ1n) is 16.5. The molecule has 5 aromatic carbocycles. The second-order valence-corrected chi connectivity index (χ2v) is 14.4. The number of nitrogens with zero attached hydrogens (tertiary/aromatic N) is 1. The molecule has 0 amide bonds. The minimum atomic E-state index is -0.382. The van der Waals surface area contributed by atoms with Gasteiger partial charge in [-0.05, 0) is 118 Å². The summed E-state index contributed by atoms with van der Waals surface area (Å²) in [7, 11) is 2.09. The molecule has 1 aliphatic heterocycles. The molecule has 0 aliphatic carbocycles. The zero-order chi connectivity index (χ0) is 34.4. The molecule has 1 heterocycles. The normalized spacial score (nSPS) is 12.5. The quantitative estimate of drug-likeness (QED) is 0.160. The van der Waals surface area contributed by atoms with Gasteiger partial charge in [-0.3, -0.25) is 0 Å². The highest BCUT2D eigenvalue weighted by atomic mass is 35.5. The van der Waals surface area contributed by atoms with Gasteiger partial charge in [0.1, 0.15) is 11.6 Å². The van der Waals surface area contributed by atoms with Crippen molar-refractivity contribution < 1.29 is 8.78 Å². The van der Waals surface area contributed by atoms with Gasteiger partial charge in [-0.1, -0.05) is 82.3 Å². The third-order valence-electron chi connectivity index (χ3n) is 9.29. The summed E-state index contributed by atoms with van der Waals surface area (Å²) in [6.07, 6.45) is 0. The lowest BCUT2D eigenvalue weighted by molar-refractivity contribution is 0.627. The maximum Gasteiger partial charge on any atom is 0.247 e. The lowest BCUT2D eigenvalue weighted by atomic mass is 9.33. The van der Waals surface area contributed by atoms with Gasteiger partial charge < -0.3 is 15.5 Å². The predicted octanol–water partition coefficient (Wildman–Crippen LogP) is 10.7. The summed E-state index contributed by atoms with van der Waals surface area (Å²) in [6, 6.07) is 26.3. The van der Waals surface area contributed by atoms with Crippen molar-refractivity contribution in [1.29, 1.82) is 0 Å². The van der Waals surface area contributed by atoms with Crippen LogP contribution in [-0.4, -0.2) is 13.8 Å². The van der Waals surface area contributed by atoms with E-state index in [1.165, 1.54) is 46.4 Å². The Balaban J connectivity index is 1.60. The Hall–Kier alpha value is -4.00. The monoisotopic (exact) mass is 681 g/mol. The van der Waals surface area contributed by atoms with Crippen molar-refractivity contribution in [1.82, 2.24) is 0 Å². The zero-order valence-electron chi connectivity index (χ0n) is 28.4. The van der Waals surface area contributed by atoms with Crippen LogP contribution in [0.5, 0.6) is 0 Å². The number of halogens is 4. The number of hydrogen-bond acceptors (Lipinski definition) is 3. The number of rotatable bonds is 8. The largest absolute Gasteiger partial charge is 0.354 e. The van der Waals surface area contributed by atoms with Crippen molar-refractivity contribution in [3.8, 4) is 0 Å². The van der Waals surface area contributed by atoms with Gasteiger partial charge in [0.2, 0.25) is 6.71 Å². The molecular weight excluding hydrogens is 642 g/mol. The number of anilines is 6. The van der Waals surface area contributed by atoms with Crippen molar-refractivity contribution in [2.45, 2.75) is 59.3 Å². The van der Waals surface area contributed by atoms with E-state index in [9.17, 15) is 8.78 Å². The van der Waals surface area contributed by atoms with Gasteiger partial charge in [0.25, 0.3) is 0 Å². The third kappa shape index (κ3) is 6.53. The van der Waals surface area contributed by atoms with Crippen LogP contribution in [0.15, 0.2) is 84.9 Å². The van der Waals surface area contributed by atoms with Gasteiger partial charge in [0, 0.05) is 29.8 Å². The molecule has 3 nitrogen and oxygen atoms in total. The van der Waals surface area contributed by atoms with Crippen LogP contribution in [-0.2, 0) is 0 Å². The highest BCUT2D eigenvalue weighted by Crippen LogP contribution is 2.35. The SMILES string of the molecule is CC(C)c1cc(C(C)C)c(B2c3cc(Nc4ccc(F)cc4Cl)ccc3N(C)c3ccc(Nc4ccc(F)cc4Cl)cc32)c(C(C)C)c1. The van der Waals surface area contributed by atoms with Crippen LogP contribution in [0.4, 0.5) is 42.9 Å². The second-order valence-electron chi connectivity index (χ2n) is 13.6. The summed E-state index contributed by atoms with van der Waals surface area (Å²) in [5.41, 5.74) is 12.8. The lowest BCUT2D eigenvalue weighted by Crippen LogP contribution is -2.59. The van der Waals surface area contributed by atoms with Crippen LogP contribution in [0.2, 0.25) is 10.0 Å². The van der Waals surface area contributed by atoms with Crippen molar-refractivity contribution in [3.63, 3.8) is 0 Å². The zero-order valence-corrected chi connectivity index (χ0v) is 29.9. The minimum Gasteiger partial charge on any atom is -0.354 e. The van der Waals surface area contributed by atoms with E-state index in [-0.39, 0.29) is 30.2 Å². The Bertz CT molecular complexity index is 1880. The van der Waals surface area contributed by atoms with E-state index in [2.05, 4.69) is 101 Å². The van der Waals surface area contributed by atoms with E-state index in [0.717, 1.165) is 33.7 Å². The second kappa shape index (κ2) is 13.5. The minimum absolute atomic E-state index is 0.113. The van der Waals surface area contributed by atoms with E-state index in [4.69, 9.17) is 23.2 Å². The van der Waals surface area contributed by atoms with Gasteiger partial charge in [-0.25, -0.2) is 8.78 Å². The number of benzene rings is 5. The van der Waals surface area contributed by atoms with Crippen LogP contribution in [0.3, 0.4) is 0 Å². The number of nitrogens with one attached hydrogen (secondary N) is 2. The van der Waals surface area contributed by atoms with Crippen LogP contribution in [0.1, 0.15) is 76.0 Å². The maximum absolute atomic E-state index is 13.9. The molecule has 0 saturated heterocycles. The molecule has 0 radical (unpaired) electrons. The summed E-state index contributed by atoms with van der Waals surface area (Å²) in [4.78, 5) is 2.23.